The molecule has 0 saturated carbocycles. The monoisotopic (exact) mass is 829 g/mol. The lowest BCUT2D eigenvalue weighted by Gasteiger charge is -2.26. The highest BCUT2D eigenvalue weighted by molar-refractivity contribution is 6.29. The molecule has 0 atom stereocenters. The van der Waals surface area contributed by atoms with Crippen LogP contribution in [0.25, 0.3) is 110 Å². The SMILES string of the molecule is c1ccc(-c2oc3c4cc(-c5ccc(N(c6ccc(-c7cccc8ccccc78)cc6)c6ccc7c(c6)oc6ccccc67)cc5)ccc4c4ccccc4c3c2-c2ccccc2)cc1. The van der Waals surface area contributed by atoms with Crippen LogP contribution in [0.3, 0.4) is 0 Å². The summed E-state index contributed by atoms with van der Waals surface area (Å²) in [6, 6.07) is 84.4. The number of nitrogens with zero attached hydrogens (tertiary/aromatic N) is 1. The second kappa shape index (κ2) is 15.0. The fraction of sp³-hybridized carbons (Fsp3) is 0. The normalized spacial score (nSPS) is 11.7. The van der Waals surface area contributed by atoms with E-state index in [4.69, 9.17) is 8.83 Å². The predicted molar refractivity (Wildman–Crippen MR) is 272 cm³/mol. The van der Waals surface area contributed by atoms with Gasteiger partial charge in [0, 0.05) is 55.8 Å². The first kappa shape index (κ1) is 36.9. The summed E-state index contributed by atoms with van der Waals surface area (Å²) in [7, 11) is 0. The Balaban J connectivity index is 0.950. The van der Waals surface area contributed by atoms with Crippen LogP contribution in [0.5, 0.6) is 0 Å². The Labute approximate surface area is 375 Å². The van der Waals surface area contributed by atoms with Crippen molar-refractivity contribution in [1.82, 2.24) is 0 Å². The third-order valence-electron chi connectivity index (χ3n) is 13.1. The Morgan fingerprint density at radius 2 is 0.846 bits per heavy atom. The van der Waals surface area contributed by atoms with Crippen molar-refractivity contribution in [2.75, 3.05) is 4.90 Å². The Kier molecular flexibility index (Phi) is 8.53. The van der Waals surface area contributed by atoms with Crippen LogP contribution < -0.4 is 4.90 Å². The van der Waals surface area contributed by atoms with E-state index >= 15 is 0 Å². The van der Waals surface area contributed by atoms with Crippen molar-refractivity contribution in [2.24, 2.45) is 0 Å². The van der Waals surface area contributed by atoms with Crippen molar-refractivity contribution >= 4 is 82.3 Å². The van der Waals surface area contributed by atoms with Gasteiger partial charge in [0.15, 0.2) is 0 Å². The Morgan fingerprint density at radius 1 is 0.292 bits per heavy atom. The zero-order valence-electron chi connectivity index (χ0n) is 35.3. The lowest BCUT2D eigenvalue weighted by Crippen LogP contribution is -2.09. The minimum absolute atomic E-state index is 0.858. The van der Waals surface area contributed by atoms with Crippen LogP contribution in [0.4, 0.5) is 17.1 Å². The summed E-state index contributed by atoms with van der Waals surface area (Å²) < 4.78 is 13.5. The molecule has 0 radical (unpaired) electrons. The molecule has 11 aromatic carbocycles. The van der Waals surface area contributed by atoms with Gasteiger partial charge in [-0.2, -0.15) is 0 Å². The van der Waals surface area contributed by atoms with E-state index in [1.807, 2.05) is 12.1 Å². The van der Waals surface area contributed by atoms with Gasteiger partial charge in [-0.1, -0.05) is 182 Å². The van der Waals surface area contributed by atoms with E-state index in [1.54, 1.807) is 0 Å². The number of hydrogen-bond donors (Lipinski definition) is 0. The van der Waals surface area contributed by atoms with Gasteiger partial charge in [-0.25, -0.2) is 0 Å². The van der Waals surface area contributed by atoms with Crippen molar-refractivity contribution in [2.45, 2.75) is 0 Å². The Hall–Kier alpha value is -8.66. The van der Waals surface area contributed by atoms with Gasteiger partial charge in [0.1, 0.15) is 22.5 Å². The maximum Gasteiger partial charge on any atom is 0.143 e. The topological polar surface area (TPSA) is 29.5 Å². The van der Waals surface area contributed by atoms with Crippen molar-refractivity contribution in [3.63, 3.8) is 0 Å². The second-order valence-corrected chi connectivity index (χ2v) is 16.8. The summed E-state index contributed by atoms with van der Waals surface area (Å²) in [5.74, 6) is 0.880. The summed E-state index contributed by atoms with van der Waals surface area (Å²) in [6.07, 6.45) is 0. The highest BCUT2D eigenvalue weighted by Crippen LogP contribution is 2.48. The van der Waals surface area contributed by atoms with Gasteiger partial charge in [0.05, 0.1) is 0 Å². The minimum Gasteiger partial charge on any atom is -0.456 e. The standard InChI is InChI=1S/C62H39NO2/c1-3-15-43(16-4-1)59-60-55-23-10-9-21-51(55)52-36-30-45(38-56(52)62(60)65-61(59)44-17-5-2-6-18-44)40-26-31-46(32-27-40)63(48-35-37-54-53-22-11-12-25-57(53)64-58(54)39-48)47-33-28-42(29-34-47)50-24-13-19-41-14-7-8-20-49(41)50/h1-39H. The Bertz CT molecular complexity index is 3910. The van der Waals surface area contributed by atoms with Crippen LogP contribution in [0.2, 0.25) is 0 Å². The highest BCUT2D eigenvalue weighted by Gasteiger charge is 2.23. The molecule has 0 N–H and O–H groups in total. The predicted octanol–water partition coefficient (Wildman–Crippen LogP) is 17.9. The average Bonchev–Trinajstić information content (AvgIpc) is 3.97. The van der Waals surface area contributed by atoms with Crippen molar-refractivity contribution in [3.05, 3.63) is 237 Å². The average molecular weight is 830 g/mol. The first-order valence-electron chi connectivity index (χ1n) is 22.2. The third-order valence-corrected chi connectivity index (χ3v) is 13.1. The van der Waals surface area contributed by atoms with E-state index < -0.39 is 0 Å². The maximum atomic E-state index is 7.09. The van der Waals surface area contributed by atoms with Crippen LogP contribution in [-0.2, 0) is 0 Å². The molecule has 0 aliphatic heterocycles. The van der Waals surface area contributed by atoms with Gasteiger partial charge in [-0.05, 0) is 103 Å². The number of fused-ring (bicyclic) bond motifs is 10. The summed E-state index contributed by atoms with van der Waals surface area (Å²) >= 11 is 0. The molecule has 0 spiro atoms. The van der Waals surface area contributed by atoms with Crippen molar-refractivity contribution in [1.29, 1.82) is 0 Å². The molecule has 2 heterocycles. The van der Waals surface area contributed by atoms with Gasteiger partial charge in [0.2, 0.25) is 0 Å². The fourth-order valence-corrected chi connectivity index (χ4v) is 10.0. The molecule has 0 fully saturated rings. The largest absolute Gasteiger partial charge is 0.456 e. The number of rotatable bonds is 7. The third kappa shape index (κ3) is 6.12. The first-order valence-corrected chi connectivity index (χ1v) is 22.2. The van der Waals surface area contributed by atoms with E-state index in [0.717, 1.165) is 88.9 Å². The van der Waals surface area contributed by atoms with E-state index in [2.05, 4.69) is 229 Å². The number of anilines is 3. The number of benzene rings is 11. The van der Waals surface area contributed by atoms with Gasteiger partial charge in [-0.3, -0.25) is 0 Å². The maximum absolute atomic E-state index is 7.09. The van der Waals surface area contributed by atoms with Gasteiger partial charge in [-0.15, -0.1) is 0 Å². The molecule has 3 heteroatoms. The van der Waals surface area contributed by atoms with Gasteiger partial charge < -0.3 is 13.7 Å². The summed E-state index contributed by atoms with van der Waals surface area (Å²) in [4.78, 5) is 2.32. The molecular weight excluding hydrogens is 791 g/mol. The van der Waals surface area contributed by atoms with Crippen LogP contribution in [0.15, 0.2) is 245 Å². The van der Waals surface area contributed by atoms with Crippen molar-refractivity contribution in [3.8, 4) is 44.7 Å². The summed E-state index contributed by atoms with van der Waals surface area (Å²) in [6.45, 7) is 0. The van der Waals surface area contributed by atoms with Crippen LogP contribution >= 0.6 is 0 Å². The molecule has 304 valence electrons. The second-order valence-electron chi connectivity index (χ2n) is 16.8. The molecule has 0 unspecified atom stereocenters. The molecule has 2 aromatic heterocycles. The lowest BCUT2D eigenvalue weighted by molar-refractivity contribution is 0.636. The smallest absolute Gasteiger partial charge is 0.143 e. The number of furan rings is 2. The quantitative estimate of drug-likeness (QED) is 0.150. The first-order chi connectivity index (χ1) is 32.2. The molecule has 0 aliphatic rings. The minimum atomic E-state index is 0.858. The molecule has 0 amide bonds. The lowest BCUT2D eigenvalue weighted by atomic mass is 9.91. The number of para-hydroxylation sites is 1. The van der Waals surface area contributed by atoms with E-state index in [-0.39, 0.29) is 0 Å². The van der Waals surface area contributed by atoms with E-state index in [9.17, 15) is 0 Å². The molecule has 3 nitrogen and oxygen atoms in total. The molecule has 0 aliphatic carbocycles. The zero-order valence-corrected chi connectivity index (χ0v) is 35.3. The fourth-order valence-electron chi connectivity index (χ4n) is 10.0. The molecule has 0 saturated heterocycles. The van der Waals surface area contributed by atoms with Gasteiger partial charge in [0.25, 0.3) is 0 Å². The van der Waals surface area contributed by atoms with Crippen LogP contribution in [0.1, 0.15) is 0 Å². The molecule has 65 heavy (non-hydrogen) atoms. The Morgan fingerprint density at radius 3 is 1.62 bits per heavy atom. The van der Waals surface area contributed by atoms with Crippen LogP contribution in [-0.4, -0.2) is 0 Å². The molecular formula is C62H39NO2. The molecule has 0 bridgehead atoms. The molecule has 13 rings (SSSR count). The number of hydrogen-bond acceptors (Lipinski definition) is 3. The van der Waals surface area contributed by atoms with Gasteiger partial charge >= 0.3 is 0 Å². The zero-order chi connectivity index (χ0) is 42.8. The van der Waals surface area contributed by atoms with Crippen LogP contribution in [0, 0.1) is 0 Å². The molecule has 13 aromatic rings. The van der Waals surface area contributed by atoms with E-state index in [1.165, 1.54) is 38.1 Å². The van der Waals surface area contributed by atoms with E-state index in [0.29, 0.717) is 0 Å². The van der Waals surface area contributed by atoms with Crippen molar-refractivity contribution < 1.29 is 8.83 Å². The highest BCUT2D eigenvalue weighted by atomic mass is 16.3. The summed E-state index contributed by atoms with van der Waals surface area (Å²) in [5, 5.41) is 10.5. The summed E-state index contributed by atoms with van der Waals surface area (Å²) in [5.41, 5.74) is 13.7.